The molecule has 1 saturated heterocycles. The molecule has 94 valence electrons. The molecule has 0 aliphatic carbocycles. The number of aromatic nitrogens is 1. The Morgan fingerprint density at radius 3 is 3.00 bits per heavy atom. The smallest absolute Gasteiger partial charge is 0.128 e. The number of nitrogens with zero attached hydrogens (tertiary/aromatic N) is 2. The first kappa shape index (κ1) is 12.4. The van der Waals surface area contributed by atoms with Gasteiger partial charge in [0.1, 0.15) is 5.82 Å². The predicted molar refractivity (Wildman–Crippen MR) is 72.2 cm³/mol. The van der Waals surface area contributed by atoms with Gasteiger partial charge in [0.05, 0.1) is 0 Å². The van der Waals surface area contributed by atoms with E-state index >= 15 is 0 Å². The average Bonchev–Trinajstić information content (AvgIpc) is 2.79. The molecule has 1 aromatic rings. The van der Waals surface area contributed by atoms with Crippen molar-refractivity contribution in [1.29, 1.82) is 0 Å². The molecule has 2 heterocycles. The van der Waals surface area contributed by atoms with Crippen LogP contribution >= 0.6 is 0 Å². The van der Waals surface area contributed by atoms with Gasteiger partial charge in [-0.2, -0.15) is 0 Å². The zero-order chi connectivity index (χ0) is 12.3. The van der Waals surface area contributed by atoms with E-state index < -0.39 is 0 Å². The van der Waals surface area contributed by atoms with Gasteiger partial charge >= 0.3 is 0 Å². The summed E-state index contributed by atoms with van der Waals surface area (Å²) in [5.74, 6) is 2.74. The second kappa shape index (κ2) is 5.50. The van der Waals surface area contributed by atoms with Crippen LogP contribution in [0.2, 0.25) is 0 Å². The third-order valence-corrected chi connectivity index (χ3v) is 3.68. The third kappa shape index (κ3) is 2.97. The van der Waals surface area contributed by atoms with Gasteiger partial charge in [-0.05, 0) is 43.0 Å². The number of anilines is 1. The zero-order valence-corrected chi connectivity index (χ0v) is 11.1. The summed E-state index contributed by atoms with van der Waals surface area (Å²) in [4.78, 5) is 6.92. The Labute approximate surface area is 104 Å². The van der Waals surface area contributed by atoms with E-state index in [1.54, 1.807) is 0 Å². The molecule has 1 N–H and O–H groups in total. The highest BCUT2D eigenvalue weighted by Gasteiger charge is 2.25. The van der Waals surface area contributed by atoms with Crippen molar-refractivity contribution in [3.8, 4) is 0 Å². The van der Waals surface area contributed by atoms with Gasteiger partial charge in [0, 0.05) is 25.8 Å². The minimum Gasteiger partial charge on any atom is -0.356 e. The normalized spacial score (nSPS) is 20.2. The van der Waals surface area contributed by atoms with Gasteiger partial charge in [-0.3, -0.25) is 0 Å². The average molecular weight is 233 g/mol. The van der Waals surface area contributed by atoms with Crippen molar-refractivity contribution in [1.82, 2.24) is 10.3 Å². The van der Waals surface area contributed by atoms with Gasteiger partial charge in [0.25, 0.3) is 0 Å². The zero-order valence-electron chi connectivity index (χ0n) is 11.1. The molecule has 3 heteroatoms. The van der Waals surface area contributed by atoms with Crippen molar-refractivity contribution in [3.05, 3.63) is 23.9 Å². The summed E-state index contributed by atoms with van der Waals surface area (Å²) in [5, 5.41) is 3.18. The fraction of sp³-hybridized carbons (Fsp3) is 0.643. The summed E-state index contributed by atoms with van der Waals surface area (Å²) >= 11 is 0. The molecule has 1 aliphatic heterocycles. The molecular formula is C14H23N3. The number of nitrogens with one attached hydrogen (secondary N) is 1. The lowest BCUT2D eigenvalue weighted by atomic mass is 9.95. The highest BCUT2D eigenvalue weighted by molar-refractivity contribution is 5.42. The highest BCUT2D eigenvalue weighted by Crippen LogP contribution is 2.27. The SMILES string of the molecule is CNCc1ccnc(N2CCC(C(C)C)C2)c1. The molecule has 1 fully saturated rings. The fourth-order valence-corrected chi connectivity index (χ4v) is 2.49. The fourth-order valence-electron chi connectivity index (χ4n) is 2.49. The van der Waals surface area contributed by atoms with Crippen molar-refractivity contribution >= 4 is 5.82 Å². The van der Waals surface area contributed by atoms with E-state index in [2.05, 4.69) is 41.2 Å². The molecule has 1 aromatic heterocycles. The molecule has 0 radical (unpaired) electrons. The third-order valence-electron chi connectivity index (χ3n) is 3.68. The van der Waals surface area contributed by atoms with Gasteiger partial charge in [0.15, 0.2) is 0 Å². The van der Waals surface area contributed by atoms with Gasteiger partial charge in [-0.1, -0.05) is 13.8 Å². The topological polar surface area (TPSA) is 28.2 Å². The molecule has 1 aliphatic rings. The molecular weight excluding hydrogens is 210 g/mol. The number of hydrogen-bond acceptors (Lipinski definition) is 3. The van der Waals surface area contributed by atoms with Crippen molar-refractivity contribution < 1.29 is 0 Å². The Kier molecular flexibility index (Phi) is 4.00. The molecule has 1 atom stereocenters. The van der Waals surface area contributed by atoms with E-state index in [-0.39, 0.29) is 0 Å². The summed E-state index contributed by atoms with van der Waals surface area (Å²) in [5.41, 5.74) is 1.31. The minimum absolute atomic E-state index is 0.778. The minimum atomic E-state index is 0.778. The Morgan fingerprint density at radius 2 is 2.35 bits per heavy atom. The Morgan fingerprint density at radius 1 is 1.53 bits per heavy atom. The molecule has 0 amide bonds. The monoisotopic (exact) mass is 233 g/mol. The van der Waals surface area contributed by atoms with E-state index in [1.807, 2.05) is 13.2 Å². The largest absolute Gasteiger partial charge is 0.356 e. The number of hydrogen-bond donors (Lipinski definition) is 1. The van der Waals surface area contributed by atoms with Crippen molar-refractivity contribution in [2.24, 2.45) is 11.8 Å². The van der Waals surface area contributed by atoms with E-state index in [9.17, 15) is 0 Å². The van der Waals surface area contributed by atoms with E-state index in [1.165, 1.54) is 12.0 Å². The van der Waals surface area contributed by atoms with Crippen LogP contribution in [0.5, 0.6) is 0 Å². The first-order valence-corrected chi connectivity index (χ1v) is 6.55. The second-order valence-electron chi connectivity index (χ2n) is 5.29. The Bertz CT molecular complexity index is 362. The van der Waals surface area contributed by atoms with Crippen LogP contribution in [0.25, 0.3) is 0 Å². The van der Waals surface area contributed by atoms with Crippen molar-refractivity contribution in [3.63, 3.8) is 0 Å². The molecule has 0 bridgehead atoms. The molecule has 0 saturated carbocycles. The first-order valence-electron chi connectivity index (χ1n) is 6.55. The van der Waals surface area contributed by atoms with Gasteiger partial charge in [-0.25, -0.2) is 4.98 Å². The second-order valence-corrected chi connectivity index (χ2v) is 5.29. The molecule has 3 nitrogen and oxygen atoms in total. The van der Waals surface area contributed by atoms with Gasteiger partial charge in [-0.15, -0.1) is 0 Å². The van der Waals surface area contributed by atoms with E-state index in [0.717, 1.165) is 37.3 Å². The predicted octanol–water partition coefficient (Wildman–Crippen LogP) is 2.28. The summed E-state index contributed by atoms with van der Waals surface area (Å²) in [6, 6.07) is 4.29. The molecule has 2 rings (SSSR count). The lowest BCUT2D eigenvalue weighted by Gasteiger charge is -2.19. The number of pyridine rings is 1. The lowest BCUT2D eigenvalue weighted by molar-refractivity contribution is 0.422. The maximum atomic E-state index is 4.50. The Hall–Kier alpha value is -1.09. The molecule has 1 unspecified atom stereocenters. The molecule has 0 aromatic carbocycles. The van der Waals surface area contributed by atoms with Crippen LogP contribution in [0, 0.1) is 11.8 Å². The summed E-state index contributed by atoms with van der Waals surface area (Å²) in [6.45, 7) is 7.86. The molecule has 17 heavy (non-hydrogen) atoms. The van der Waals surface area contributed by atoms with E-state index in [4.69, 9.17) is 0 Å². The quantitative estimate of drug-likeness (QED) is 0.865. The Balaban J connectivity index is 2.05. The number of rotatable bonds is 4. The summed E-state index contributed by atoms with van der Waals surface area (Å²) in [7, 11) is 1.98. The maximum Gasteiger partial charge on any atom is 0.128 e. The van der Waals surface area contributed by atoms with Gasteiger partial charge < -0.3 is 10.2 Å². The summed E-state index contributed by atoms with van der Waals surface area (Å²) in [6.07, 6.45) is 3.22. The first-order chi connectivity index (χ1) is 8.20. The van der Waals surface area contributed by atoms with Crippen molar-refractivity contribution in [2.75, 3.05) is 25.0 Å². The van der Waals surface area contributed by atoms with Crippen LogP contribution in [0.1, 0.15) is 25.8 Å². The van der Waals surface area contributed by atoms with Crippen LogP contribution in [0.3, 0.4) is 0 Å². The maximum absolute atomic E-state index is 4.50. The van der Waals surface area contributed by atoms with Crippen LogP contribution < -0.4 is 10.2 Å². The van der Waals surface area contributed by atoms with Crippen LogP contribution in [0.15, 0.2) is 18.3 Å². The van der Waals surface area contributed by atoms with Gasteiger partial charge in [0.2, 0.25) is 0 Å². The van der Waals surface area contributed by atoms with Crippen LogP contribution in [-0.2, 0) is 6.54 Å². The van der Waals surface area contributed by atoms with E-state index in [0.29, 0.717) is 0 Å². The van der Waals surface area contributed by atoms with Crippen LogP contribution in [0.4, 0.5) is 5.82 Å². The molecule has 0 spiro atoms. The van der Waals surface area contributed by atoms with Crippen molar-refractivity contribution in [2.45, 2.75) is 26.8 Å². The summed E-state index contributed by atoms with van der Waals surface area (Å²) < 4.78 is 0. The standard InChI is InChI=1S/C14H23N3/c1-11(2)13-5-7-17(10-13)14-8-12(9-15-3)4-6-16-14/h4,6,8,11,13,15H,5,7,9-10H2,1-3H3. The lowest BCUT2D eigenvalue weighted by Crippen LogP contribution is -2.22. The van der Waals surface area contributed by atoms with Crippen LogP contribution in [-0.4, -0.2) is 25.1 Å². The highest BCUT2D eigenvalue weighted by atomic mass is 15.2.